The minimum Gasteiger partial charge on any atom is -0.383 e. The van der Waals surface area contributed by atoms with Crippen LogP contribution in [0.5, 0.6) is 0 Å². The number of nitrogens with one attached hydrogen (secondary N) is 2. The number of ether oxygens (including phenoxy) is 1. The van der Waals surface area contributed by atoms with Crippen molar-refractivity contribution in [3.63, 3.8) is 0 Å². The number of rotatable bonds is 7. The summed E-state index contributed by atoms with van der Waals surface area (Å²) in [4.78, 5) is 30.8. The first kappa shape index (κ1) is 19.8. The maximum Gasteiger partial charge on any atom is 0.329 e. The van der Waals surface area contributed by atoms with Gasteiger partial charge in [0.05, 0.1) is 12.8 Å². The van der Waals surface area contributed by atoms with Crippen molar-refractivity contribution >= 4 is 45.3 Å². The molecule has 10 heteroatoms. The molecule has 28 heavy (non-hydrogen) atoms. The van der Waals surface area contributed by atoms with Gasteiger partial charge in [-0.15, -0.1) is 0 Å². The SMILES string of the molecule is COCCn1c(N/N=C/C(Br)=C/c2ccccc2)nc2c1c(=O)[nH]c(=O)n2C. The van der Waals surface area contributed by atoms with Crippen molar-refractivity contribution in [3.8, 4) is 0 Å². The average molecular weight is 447 g/mol. The van der Waals surface area contributed by atoms with Gasteiger partial charge in [0.15, 0.2) is 11.2 Å². The molecule has 0 saturated heterocycles. The van der Waals surface area contributed by atoms with Gasteiger partial charge in [-0.25, -0.2) is 10.2 Å². The normalized spacial score (nSPS) is 12.2. The third-order valence-corrected chi connectivity index (χ3v) is 4.42. The Hall–Kier alpha value is -2.98. The van der Waals surface area contributed by atoms with Crippen molar-refractivity contribution in [2.24, 2.45) is 12.1 Å². The summed E-state index contributed by atoms with van der Waals surface area (Å²) in [7, 11) is 3.11. The second-order valence-corrected chi connectivity index (χ2v) is 6.80. The topological polar surface area (TPSA) is 106 Å². The molecule has 0 aliphatic heterocycles. The van der Waals surface area contributed by atoms with Crippen molar-refractivity contribution in [1.82, 2.24) is 19.1 Å². The Labute approximate surface area is 168 Å². The molecule has 1 aromatic carbocycles. The van der Waals surface area contributed by atoms with Gasteiger partial charge in [0, 0.05) is 25.2 Å². The van der Waals surface area contributed by atoms with Crippen molar-refractivity contribution in [1.29, 1.82) is 0 Å². The molecule has 9 nitrogen and oxygen atoms in total. The number of hydrazone groups is 1. The quantitative estimate of drug-likeness (QED) is 0.425. The van der Waals surface area contributed by atoms with Crippen LogP contribution >= 0.6 is 15.9 Å². The third-order valence-electron chi connectivity index (χ3n) is 3.98. The van der Waals surface area contributed by atoms with E-state index >= 15 is 0 Å². The van der Waals surface area contributed by atoms with E-state index in [4.69, 9.17) is 4.74 Å². The number of fused-ring (bicyclic) bond motifs is 1. The Kier molecular flexibility index (Phi) is 6.22. The second-order valence-electron chi connectivity index (χ2n) is 5.88. The van der Waals surface area contributed by atoms with Crippen LogP contribution in [0.25, 0.3) is 17.2 Å². The highest BCUT2D eigenvalue weighted by molar-refractivity contribution is 9.12. The summed E-state index contributed by atoms with van der Waals surface area (Å²) in [5.41, 5.74) is 3.35. The molecule has 3 aromatic rings. The van der Waals surface area contributed by atoms with E-state index in [0.29, 0.717) is 19.1 Å². The lowest BCUT2D eigenvalue weighted by molar-refractivity contribution is 0.188. The van der Waals surface area contributed by atoms with E-state index in [0.717, 1.165) is 10.0 Å². The number of H-pyrrole nitrogens is 1. The molecule has 146 valence electrons. The number of anilines is 1. The van der Waals surface area contributed by atoms with Gasteiger partial charge in [-0.2, -0.15) is 10.1 Å². The fourth-order valence-electron chi connectivity index (χ4n) is 2.62. The molecular weight excluding hydrogens is 428 g/mol. The predicted molar refractivity (Wildman–Crippen MR) is 113 cm³/mol. The molecule has 0 spiro atoms. The zero-order chi connectivity index (χ0) is 20.1. The van der Waals surface area contributed by atoms with E-state index in [-0.39, 0.29) is 11.2 Å². The molecule has 2 aromatic heterocycles. The smallest absolute Gasteiger partial charge is 0.329 e. The lowest BCUT2D eigenvalue weighted by atomic mass is 10.2. The molecule has 0 atom stereocenters. The molecule has 0 saturated carbocycles. The summed E-state index contributed by atoms with van der Waals surface area (Å²) in [6, 6.07) is 9.78. The Morgan fingerprint density at radius 3 is 2.82 bits per heavy atom. The van der Waals surface area contributed by atoms with Crippen molar-refractivity contribution in [2.75, 3.05) is 19.1 Å². The van der Waals surface area contributed by atoms with E-state index in [9.17, 15) is 9.59 Å². The van der Waals surface area contributed by atoms with E-state index in [1.165, 1.54) is 4.57 Å². The molecule has 0 unspecified atom stereocenters. The molecule has 0 aliphatic carbocycles. The first-order valence-corrected chi connectivity index (χ1v) is 9.20. The van der Waals surface area contributed by atoms with Gasteiger partial charge in [-0.3, -0.25) is 14.3 Å². The predicted octanol–water partition coefficient (Wildman–Crippen LogP) is 1.90. The number of benzene rings is 1. The van der Waals surface area contributed by atoms with Gasteiger partial charge in [-0.05, 0) is 27.6 Å². The largest absolute Gasteiger partial charge is 0.383 e. The number of imidazole rings is 1. The maximum atomic E-state index is 12.3. The van der Waals surface area contributed by atoms with E-state index in [1.54, 1.807) is 24.9 Å². The summed E-state index contributed by atoms with van der Waals surface area (Å²) < 4.78 is 8.76. The molecule has 0 bridgehead atoms. The number of nitrogens with zero attached hydrogens (tertiary/aromatic N) is 4. The fraction of sp³-hybridized carbons (Fsp3) is 0.222. The fourth-order valence-corrected chi connectivity index (χ4v) is 2.98. The number of methoxy groups -OCH3 is 1. The van der Waals surface area contributed by atoms with Gasteiger partial charge in [-0.1, -0.05) is 30.3 Å². The van der Waals surface area contributed by atoms with Crippen LogP contribution in [0.4, 0.5) is 5.95 Å². The number of aryl methyl sites for hydroxylation is 1. The first-order valence-electron chi connectivity index (χ1n) is 8.41. The summed E-state index contributed by atoms with van der Waals surface area (Å²) in [5.74, 6) is 0.329. The Morgan fingerprint density at radius 2 is 2.11 bits per heavy atom. The lowest BCUT2D eigenvalue weighted by Gasteiger charge is -2.07. The highest BCUT2D eigenvalue weighted by atomic mass is 79.9. The average Bonchev–Trinajstić information content (AvgIpc) is 3.04. The molecule has 0 amide bonds. The highest BCUT2D eigenvalue weighted by Crippen LogP contribution is 2.16. The van der Waals surface area contributed by atoms with Gasteiger partial charge in [0.1, 0.15) is 0 Å². The molecule has 2 heterocycles. The standard InChI is InChI=1S/C18H19BrN6O3/c1-24-15-14(16(26)22-18(24)27)25(8-9-28-2)17(21-15)23-20-11-13(19)10-12-6-4-3-5-7-12/h3-7,10-11H,8-9H2,1-2H3,(H,21,23)(H,22,26,27)/b13-10-,20-11+. The lowest BCUT2D eigenvalue weighted by Crippen LogP contribution is -2.29. The van der Waals surface area contributed by atoms with E-state index in [1.807, 2.05) is 36.4 Å². The van der Waals surface area contributed by atoms with Crippen molar-refractivity contribution < 1.29 is 4.74 Å². The van der Waals surface area contributed by atoms with Crippen LogP contribution in [0.15, 0.2) is 49.5 Å². The molecule has 3 rings (SSSR count). The third kappa shape index (κ3) is 4.29. The molecule has 0 radical (unpaired) electrons. The molecule has 0 fully saturated rings. The van der Waals surface area contributed by atoms with Crippen LogP contribution in [0.3, 0.4) is 0 Å². The molecule has 2 N–H and O–H groups in total. The number of hydrogen-bond acceptors (Lipinski definition) is 6. The van der Waals surface area contributed by atoms with Gasteiger partial charge in [0.2, 0.25) is 5.95 Å². The number of allylic oxidation sites excluding steroid dienone is 1. The first-order chi connectivity index (χ1) is 13.5. The van der Waals surface area contributed by atoms with E-state index < -0.39 is 11.2 Å². The zero-order valence-electron chi connectivity index (χ0n) is 15.3. The summed E-state index contributed by atoms with van der Waals surface area (Å²) in [6.45, 7) is 0.733. The number of aromatic amines is 1. The van der Waals surface area contributed by atoms with Gasteiger partial charge < -0.3 is 9.30 Å². The van der Waals surface area contributed by atoms with Crippen LogP contribution in [-0.2, 0) is 18.3 Å². The minimum atomic E-state index is -0.530. The summed E-state index contributed by atoms with van der Waals surface area (Å²) in [6.07, 6.45) is 3.49. The second kappa shape index (κ2) is 8.81. The van der Waals surface area contributed by atoms with Crippen LogP contribution in [0.2, 0.25) is 0 Å². The van der Waals surface area contributed by atoms with Crippen LogP contribution in [-0.4, -0.2) is 39.0 Å². The number of aromatic nitrogens is 4. The molecule has 0 aliphatic rings. The zero-order valence-corrected chi connectivity index (χ0v) is 16.9. The summed E-state index contributed by atoms with van der Waals surface area (Å²) >= 11 is 3.44. The Morgan fingerprint density at radius 1 is 1.36 bits per heavy atom. The van der Waals surface area contributed by atoms with E-state index in [2.05, 4.69) is 36.4 Å². The minimum absolute atomic E-state index is 0.265. The van der Waals surface area contributed by atoms with Crippen molar-refractivity contribution in [3.05, 3.63) is 61.2 Å². The Bertz CT molecular complexity index is 1140. The van der Waals surface area contributed by atoms with Crippen molar-refractivity contribution in [2.45, 2.75) is 6.54 Å². The van der Waals surface area contributed by atoms with Crippen LogP contribution in [0, 0.1) is 0 Å². The van der Waals surface area contributed by atoms with Gasteiger partial charge >= 0.3 is 5.69 Å². The van der Waals surface area contributed by atoms with Gasteiger partial charge in [0.25, 0.3) is 5.56 Å². The number of hydrogen-bond donors (Lipinski definition) is 2. The summed E-state index contributed by atoms with van der Waals surface area (Å²) in [5, 5.41) is 4.17. The van der Waals surface area contributed by atoms with Crippen LogP contribution in [0.1, 0.15) is 5.56 Å². The number of halogens is 1. The monoisotopic (exact) mass is 446 g/mol. The van der Waals surface area contributed by atoms with Crippen LogP contribution < -0.4 is 16.7 Å². The highest BCUT2D eigenvalue weighted by Gasteiger charge is 2.16. The Balaban J connectivity index is 1.93. The maximum absolute atomic E-state index is 12.3. The molecular formula is C18H19BrN6O3.